The van der Waals surface area contributed by atoms with Crippen molar-refractivity contribution in [3.05, 3.63) is 70.6 Å². The Kier molecular flexibility index (Phi) is 10.2. The minimum Gasteiger partial charge on any atom is -0.490 e. The van der Waals surface area contributed by atoms with Gasteiger partial charge in [0, 0.05) is 35.7 Å². The first kappa shape index (κ1) is 26.2. The van der Waals surface area contributed by atoms with Gasteiger partial charge in [-0.1, -0.05) is 18.2 Å². The third-order valence-corrected chi connectivity index (χ3v) is 4.92. The van der Waals surface area contributed by atoms with E-state index in [1.807, 2.05) is 6.92 Å². The van der Waals surface area contributed by atoms with E-state index in [1.54, 1.807) is 25.1 Å². The highest BCUT2D eigenvalue weighted by atomic mass is 35.5. The second-order valence-electron chi connectivity index (χ2n) is 7.54. The summed E-state index contributed by atoms with van der Waals surface area (Å²) in [7, 11) is 0. The van der Waals surface area contributed by atoms with Crippen LogP contribution in [-0.4, -0.2) is 36.7 Å². The van der Waals surface area contributed by atoms with E-state index >= 15 is 0 Å². The molecule has 0 saturated carbocycles. The lowest BCUT2D eigenvalue weighted by Gasteiger charge is -2.27. The van der Waals surface area contributed by atoms with Crippen molar-refractivity contribution in [2.24, 2.45) is 0 Å². The van der Waals surface area contributed by atoms with Crippen molar-refractivity contribution in [1.82, 2.24) is 10.6 Å². The van der Waals surface area contributed by atoms with E-state index in [1.165, 1.54) is 18.2 Å². The molecule has 0 aromatic heterocycles. The third-order valence-electron chi connectivity index (χ3n) is 4.68. The van der Waals surface area contributed by atoms with Gasteiger partial charge in [0.05, 0.1) is 12.2 Å². The summed E-state index contributed by atoms with van der Waals surface area (Å²) in [6, 6.07) is 9.59. The molecular formula is C24H28ClFN2O5. The highest BCUT2D eigenvalue weighted by Gasteiger charge is 2.23. The lowest BCUT2D eigenvalue weighted by Crippen LogP contribution is -2.29. The van der Waals surface area contributed by atoms with E-state index in [-0.39, 0.29) is 24.4 Å². The first-order valence-corrected chi connectivity index (χ1v) is 10.7. The molecular weight excluding hydrogens is 451 g/mol. The highest BCUT2D eigenvalue weighted by molar-refractivity contribution is 6.30. The fourth-order valence-corrected chi connectivity index (χ4v) is 3.21. The molecule has 7 nitrogen and oxygen atoms in total. The molecule has 178 valence electrons. The van der Waals surface area contributed by atoms with Crippen LogP contribution in [0.5, 0.6) is 11.5 Å². The number of amides is 2. The molecule has 3 N–H and O–H groups in total. The lowest BCUT2D eigenvalue weighted by molar-refractivity contribution is -0.122. The summed E-state index contributed by atoms with van der Waals surface area (Å²) in [6.45, 7) is 7.43. The Balaban J connectivity index is 0.000000254. The Labute approximate surface area is 197 Å². The fraction of sp³-hybridized carbons (Fsp3) is 0.333. The van der Waals surface area contributed by atoms with E-state index in [2.05, 4.69) is 17.2 Å². The smallest absolute Gasteiger partial charge is 0.262 e. The Morgan fingerprint density at radius 2 is 2.12 bits per heavy atom. The molecule has 1 aliphatic heterocycles. The van der Waals surface area contributed by atoms with Gasteiger partial charge in [-0.2, -0.15) is 0 Å². The lowest BCUT2D eigenvalue weighted by atomic mass is 10.00. The second kappa shape index (κ2) is 12.8. The number of aliphatic hydroxyl groups excluding tert-OH is 1. The van der Waals surface area contributed by atoms with E-state index in [0.29, 0.717) is 47.8 Å². The van der Waals surface area contributed by atoms with E-state index < -0.39 is 6.10 Å². The number of fused-ring (bicyclic) bond motifs is 1. The van der Waals surface area contributed by atoms with Crippen LogP contribution in [0, 0.1) is 12.7 Å². The van der Waals surface area contributed by atoms with Crippen LogP contribution in [-0.2, 0) is 9.59 Å². The molecule has 2 aromatic carbocycles. The van der Waals surface area contributed by atoms with Crippen LogP contribution in [0.4, 0.5) is 4.39 Å². The molecule has 2 amide bonds. The molecule has 0 spiro atoms. The molecule has 1 aliphatic rings. The minimum absolute atomic E-state index is 0.0728. The van der Waals surface area contributed by atoms with Gasteiger partial charge in [-0.05, 0) is 55.8 Å². The summed E-state index contributed by atoms with van der Waals surface area (Å²) in [6.07, 6.45) is 1.28. The number of ether oxygens (including phenoxy) is 2. The van der Waals surface area contributed by atoms with E-state index in [0.717, 1.165) is 11.3 Å². The Morgan fingerprint density at radius 1 is 1.36 bits per heavy atom. The van der Waals surface area contributed by atoms with Crippen molar-refractivity contribution in [3.63, 3.8) is 0 Å². The molecule has 0 saturated heterocycles. The number of rotatable bonds is 8. The predicted octanol–water partition coefficient (Wildman–Crippen LogP) is 3.82. The normalized spacial score (nSPS) is 16.3. The maximum Gasteiger partial charge on any atom is 0.262 e. The van der Waals surface area contributed by atoms with Gasteiger partial charge in [-0.3, -0.25) is 9.59 Å². The standard InChI is InChI=1S/C14H17FN2O3.C10H11ClO2/c1-10-7-12(3-4-13(10)15)20-8-14(19)17-11(2)5-6-16-9-18;1-6-4-9(12)8-5-7(11)2-3-10(8)13-6/h3-4,7,9H,2,5-6,8H2,1H3,(H,16,18)(H,17,19);2-3,5-6,9,12H,4H2,1H3. The van der Waals surface area contributed by atoms with Crippen LogP contribution in [0.1, 0.15) is 37.0 Å². The third kappa shape index (κ3) is 8.75. The maximum absolute atomic E-state index is 13.0. The number of carbonyl (C=O) groups excluding carboxylic acids is 2. The van der Waals surface area contributed by atoms with Crippen molar-refractivity contribution in [1.29, 1.82) is 0 Å². The number of nitrogens with one attached hydrogen (secondary N) is 2. The molecule has 9 heteroatoms. The summed E-state index contributed by atoms with van der Waals surface area (Å²) in [4.78, 5) is 21.6. The molecule has 0 aliphatic carbocycles. The van der Waals surface area contributed by atoms with Crippen LogP contribution in [0.25, 0.3) is 0 Å². The number of carbonyl (C=O) groups is 2. The summed E-state index contributed by atoms with van der Waals surface area (Å²) in [5.74, 6) is 0.490. The molecule has 0 fully saturated rings. The number of halogens is 2. The topological polar surface area (TPSA) is 96.9 Å². The van der Waals surface area contributed by atoms with E-state index in [9.17, 15) is 19.1 Å². The zero-order valence-corrected chi connectivity index (χ0v) is 19.3. The molecule has 0 bridgehead atoms. The van der Waals surface area contributed by atoms with E-state index in [4.69, 9.17) is 21.1 Å². The van der Waals surface area contributed by atoms with Gasteiger partial charge in [0.2, 0.25) is 6.41 Å². The predicted molar refractivity (Wildman–Crippen MR) is 124 cm³/mol. The maximum atomic E-state index is 13.0. The summed E-state index contributed by atoms with van der Waals surface area (Å²) in [5, 5.41) is 15.4. The van der Waals surface area contributed by atoms with Crippen molar-refractivity contribution in [3.8, 4) is 11.5 Å². The molecule has 0 radical (unpaired) electrons. The quantitative estimate of drug-likeness (QED) is 0.396. The number of aryl methyl sites for hydroxylation is 1. The first-order chi connectivity index (χ1) is 15.7. The second-order valence-corrected chi connectivity index (χ2v) is 7.97. The largest absolute Gasteiger partial charge is 0.490 e. The van der Waals surface area contributed by atoms with Gasteiger partial charge >= 0.3 is 0 Å². The Hall–Kier alpha value is -3.10. The molecule has 1 heterocycles. The van der Waals surface area contributed by atoms with Crippen molar-refractivity contribution < 1.29 is 28.6 Å². The van der Waals surface area contributed by atoms with Gasteiger partial charge in [0.1, 0.15) is 17.3 Å². The minimum atomic E-state index is -0.447. The summed E-state index contributed by atoms with van der Waals surface area (Å²) < 4.78 is 23.8. The van der Waals surface area contributed by atoms with Crippen molar-refractivity contribution >= 4 is 23.9 Å². The number of hydrogen-bond acceptors (Lipinski definition) is 5. The average molecular weight is 479 g/mol. The Bertz CT molecular complexity index is 985. The van der Waals surface area contributed by atoms with Crippen LogP contribution in [0.15, 0.2) is 48.7 Å². The zero-order valence-electron chi connectivity index (χ0n) is 18.6. The molecule has 2 atom stereocenters. The van der Waals surface area contributed by atoms with Gasteiger partial charge in [0.15, 0.2) is 6.61 Å². The SMILES string of the molecule is C=C(CCNC=O)NC(=O)COc1ccc(F)c(C)c1.CC1CC(O)c2cc(Cl)ccc2O1. The van der Waals surface area contributed by atoms with Crippen LogP contribution in [0.3, 0.4) is 0 Å². The number of hydrogen-bond donors (Lipinski definition) is 3. The van der Waals surface area contributed by atoms with Gasteiger partial charge in [-0.25, -0.2) is 4.39 Å². The number of benzene rings is 2. The van der Waals surface area contributed by atoms with Crippen molar-refractivity contribution in [2.75, 3.05) is 13.2 Å². The zero-order chi connectivity index (χ0) is 24.4. The fourth-order valence-electron chi connectivity index (χ4n) is 3.03. The summed E-state index contributed by atoms with van der Waals surface area (Å²) >= 11 is 5.81. The molecule has 3 rings (SSSR count). The van der Waals surface area contributed by atoms with Gasteiger partial charge < -0.3 is 25.2 Å². The van der Waals surface area contributed by atoms with Crippen LogP contribution < -0.4 is 20.1 Å². The van der Waals surface area contributed by atoms with Gasteiger partial charge in [-0.15, -0.1) is 0 Å². The molecule has 2 unspecified atom stereocenters. The van der Waals surface area contributed by atoms with Crippen LogP contribution in [0.2, 0.25) is 5.02 Å². The number of aliphatic hydroxyl groups is 1. The highest BCUT2D eigenvalue weighted by Crippen LogP contribution is 2.36. The van der Waals surface area contributed by atoms with Gasteiger partial charge in [0.25, 0.3) is 5.91 Å². The average Bonchev–Trinajstić information content (AvgIpc) is 2.76. The molecule has 33 heavy (non-hydrogen) atoms. The van der Waals surface area contributed by atoms with Crippen molar-refractivity contribution in [2.45, 2.75) is 38.9 Å². The first-order valence-electron chi connectivity index (χ1n) is 10.4. The molecule has 2 aromatic rings. The Morgan fingerprint density at radius 3 is 2.82 bits per heavy atom. The monoisotopic (exact) mass is 478 g/mol. The van der Waals surface area contributed by atoms with Crippen LogP contribution >= 0.6 is 11.6 Å². The summed E-state index contributed by atoms with van der Waals surface area (Å²) in [5.41, 5.74) is 1.74.